The number of ether oxygens (including phenoxy) is 1. The van der Waals surface area contributed by atoms with Crippen molar-refractivity contribution in [1.29, 1.82) is 0 Å². The minimum Gasteiger partial charge on any atom is -0.384 e. The summed E-state index contributed by atoms with van der Waals surface area (Å²) in [6, 6.07) is 5.68. The summed E-state index contributed by atoms with van der Waals surface area (Å²) in [4.78, 5) is 14.7. The summed E-state index contributed by atoms with van der Waals surface area (Å²) in [5, 5.41) is 3.95. The van der Waals surface area contributed by atoms with Gasteiger partial charge in [-0.3, -0.25) is 0 Å². The van der Waals surface area contributed by atoms with Gasteiger partial charge in [-0.1, -0.05) is 11.6 Å². The van der Waals surface area contributed by atoms with Crippen molar-refractivity contribution in [2.75, 3.05) is 36.1 Å². The largest absolute Gasteiger partial charge is 0.384 e. The molecule has 23 heavy (non-hydrogen) atoms. The van der Waals surface area contributed by atoms with Gasteiger partial charge in [-0.15, -0.1) is 0 Å². The third-order valence-corrected chi connectivity index (χ3v) is 4.15. The molecule has 1 fully saturated rings. The first-order chi connectivity index (χ1) is 11.2. The number of aromatic nitrogens is 3. The van der Waals surface area contributed by atoms with E-state index in [1.165, 1.54) is 6.33 Å². The van der Waals surface area contributed by atoms with Crippen LogP contribution in [0, 0.1) is 0 Å². The number of nitrogens with two attached hydrogens (primary N) is 1. The normalized spacial score (nSPS) is 20.7. The van der Waals surface area contributed by atoms with E-state index in [2.05, 4.69) is 25.2 Å². The minimum atomic E-state index is 0.163. The Morgan fingerprint density at radius 2 is 2.26 bits per heavy atom. The van der Waals surface area contributed by atoms with Crippen molar-refractivity contribution < 1.29 is 4.74 Å². The number of halogens is 1. The molecule has 3 rings (SSSR count). The van der Waals surface area contributed by atoms with Gasteiger partial charge in [0.1, 0.15) is 23.8 Å². The second-order valence-corrected chi connectivity index (χ2v) is 5.88. The Hall–Kier alpha value is -2.12. The fraction of sp³-hybridized carbons (Fsp3) is 0.400. The number of nitrogens with one attached hydrogen (secondary N) is 1. The van der Waals surface area contributed by atoms with Gasteiger partial charge in [0.2, 0.25) is 0 Å². The summed E-state index contributed by atoms with van der Waals surface area (Å²) in [6.45, 7) is 1.49. The van der Waals surface area contributed by atoms with Crippen LogP contribution in [0.5, 0.6) is 0 Å². The second kappa shape index (κ2) is 6.97. The van der Waals surface area contributed by atoms with E-state index >= 15 is 0 Å². The number of pyridine rings is 1. The van der Waals surface area contributed by atoms with E-state index in [9.17, 15) is 0 Å². The molecule has 0 aromatic carbocycles. The van der Waals surface area contributed by atoms with Gasteiger partial charge in [-0.05, 0) is 18.6 Å². The highest BCUT2D eigenvalue weighted by molar-refractivity contribution is 6.30. The summed E-state index contributed by atoms with van der Waals surface area (Å²) in [5.74, 6) is 2.06. The van der Waals surface area contributed by atoms with Crippen molar-refractivity contribution in [2.45, 2.75) is 18.6 Å². The van der Waals surface area contributed by atoms with Crippen LogP contribution in [0.15, 0.2) is 30.7 Å². The van der Waals surface area contributed by atoms with Gasteiger partial charge in [0.15, 0.2) is 0 Å². The molecule has 0 amide bonds. The van der Waals surface area contributed by atoms with Gasteiger partial charge < -0.3 is 20.7 Å². The molecule has 0 saturated carbocycles. The van der Waals surface area contributed by atoms with Crippen LogP contribution in [0.1, 0.15) is 6.42 Å². The lowest BCUT2D eigenvalue weighted by Crippen LogP contribution is -2.35. The molecule has 0 bridgehead atoms. The zero-order valence-corrected chi connectivity index (χ0v) is 13.6. The van der Waals surface area contributed by atoms with Gasteiger partial charge in [-0.25, -0.2) is 15.0 Å². The third-order valence-electron chi connectivity index (χ3n) is 3.92. The molecule has 3 heterocycles. The monoisotopic (exact) mass is 334 g/mol. The first-order valence-electron chi connectivity index (χ1n) is 7.38. The van der Waals surface area contributed by atoms with E-state index in [1.807, 2.05) is 12.1 Å². The van der Waals surface area contributed by atoms with E-state index in [-0.39, 0.29) is 12.1 Å². The van der Waals surface area contributed by atoms with Crippen LogP contribution in [0.25, 0.3) is 0 Å². The fourth-order valence-electron chi connectivity index (χ4n) is 2.74. The van der Waals surface area contributed by atoms with E-state index in [0.29, 0.717) is 10.8 Å². The van der Waals surface area contributed by atoms with Crippen molar-refractivity contribution in [3.05, 3.63) is 35.7 Å². The summed E-state index contributed by atoms with van der Waals surface area (Å²) < 4.78 is 5.51. The highest BCUT2D eigenvalue weighted by Gasteiger charge is 2.33. The Labute approximate surface area is 139 Å². The number of nitrogen functional groups attached to an aromatic ring is 1. The maximum atomic E-state index is 5.85. The van der Waals surface area contributed by atoms with Crippen molar-refractivity contribution in [2.24, 2.45) is 0 Å². The first kappa shape index (κ1) is 15.8. The highest BCUT2D eigenvalue weighted by atomic mass is 35.5. The average Bonchev–Trinajstić information content (AvgIpc) is 2.98. The van der Waals surface area contributed by atoms with Gasteiger partial charge >= 0.3 is 0 Å². The Balaban J connectivity index is 1.71. The molecule has 1 saturated heterocycles. The first-order valence-corrected chi connectivity index (χ1v) is 7.76. The number of hydrogen-bond acceptors (Lipinski definition) is 7. The smallest absolute Gasteiger partial charge is 0.134 e. The van der Waals surface area contributed by atoms with Gasteiger partial charge in [0.05, 0.1) is 17.2 Å². The SMILES string of the molecule is CO[C@@H]1C[C@H](CNc2ccc(Cl)cn2)N(c2cc(N)ncn2)C1. The molecular formula is C15H19ClN6O. The zero-order chi connectivity index (χ0) is 16.2. The van der Waals surface area contributed by atoms with Crippen LogP contribution in [-0.2, 0) is 4.74 Å². The molecule has 122 valence electrons. The molecule has 0 radical (unpaired) electrons. The van der Waals surface area contributed by atoms with Crippen molar-refractivity contribution in [3.63, 3.8) is 0 Å². The van der Waals surface area contributed by atoms with E-state index in [0.717, 1.165) is 31.1 Å². The summed E-state index contributed by atoms with van der Waals surface area (Å²) >= 11 is 5.85. The van der Waals surface area contributed by atoms with E-state index in [4.69, 9.17) is 22.1 Å². The summed E-state index contributed by atoms with van der Waals surface area (Å²) in [6.07, 6.45) is 4.17. The maximum absolute atomic E-state index is 5.85. The van der Waals surface area contributed by atoms with Crippen LogP contribution in [0.4, 0.5) is 17.5 Å². The average molecular weight is 335 g/mol. The molecule has 0 unspecified atom stereocenters. The van der Waals surface area contributed by atoms with Crippen molar-refractivity contribution >= 4 is 29.1 Å². The Kier molecular flexibility index (Phi) is 4.78. The number of methoxy groups -OCH3 is 1. The standard InChI is InChI=1S/C15H19ClN6O/c1-23-12-4-11(7-19-14-3-2-10(16)6-18-14)22(8-12)15-5-13(17)20-9-21-15/h2-3,5-6,9,11-12H,4,7-8H2,1H3,(H,18,19)(H2,17,20,21)/t11-,12-/m1/s1. The molecule has 0 aliphatic carbocycles. The lowest BCUT2D eigenvalue weighted by Gasteiger charge is -2.25. The predicted octanol–water partition coefficient (Wildman–Crippen LogP) is 1.81. The number of hydrogen-bond donors (Lipinski definition) is 2. The molecule has 0 spiro atoms. The minimum absolute atomic E-state index is 0.163. The second-order valence-electron chi connectivity index (χ2n) is 5.44. The number of anilines is 3. The lowest BCUT2D eigenvalue weighted by atomic mass is 10.2. The maximum Gasteiger partial charge on any atom is 0.134 e. The molecule has 8 heteroatoms. The summed E-state index contributed by atoms with van der Waals surface area (Å²) in [5.41, 5.74) is 5.77. The van der Waals surface area contributed by atoms with Gasteiger partial charge in [0, 0.05) is 32.5 Å². The Morgan fingerprint density at radius 1 is 1.39 bits per heavy atom. The Bertz CT molecular complexity index is 653. The van der Waals surface area contributed by atoms with Gasteiger partial charge in [-0.2, -0.15) is 0 Å². The van der Waals surface area contributed by atoms with Crippen molar-refractivity contribution in [3.8, 4) is 0 Å². The molecule has 2 atom stereocenters. The molecular weight excluding hydrogens is 316 g/mol. The third kappa shape index (κ3) is 3.80. The zero-order valence-electron chi connectivity index (χ0n) is 12.8. The molecule has 7 nitrogen and oxygen atoms in total. The van der Waals surface area contributed by atoms with Gasteiger partial charge in [0.25, 0.3) is 0 Å². The van der Waals surface area contributed by atoms with Crippen LogP contribution in [0.2, 0.25) is 5.02 Å². The topological polar surface area (TPSA) is 89.2 Å². The fourth-order valence-corrected chi connectivity index (χ4v) is 2.85. The quantitative estimate of drug-likeness (QED) is 0.861. The van der Waals surface area contributed by atoms with Crippen LogP contribution in [-0.4, -0.2) is 47.3 Å². The molecule has 3 N–H and O–H groups in total. The molecule has 2 aromatic heterocycles. The molecule has 1 aliphatic heterocycles. The predicted molar refractivity (Wildman–Crippen MR) is 90.7 cm³/mol. The van der Waals surface area contributed by atoms with E-state index < -0.39 is 0 Å². The van der Waals surface area contributed by atoms with Crippen LogP contribution < -0.4 is 16.0 Å². The highest BCUT2D eigenvalue weighted by Crippen LogP contribution is 2.26. The van der Waals surface area contributed by atoms with Crippen molar-refractivity contribution in [1.82, 2.24) is 15.0 Å². The molecule has 1 aliphatic rings. The lowest BCUT2D eigenvalue weighted by molar-refractivity contribution is 0.118. The van der Waals surface area contributed by atoms with Crippen LogP contribution >= 0.6 is 11.6 Å². The van der Waals surface area contributed by atoms with E-state index in [1.54, 1.807) is 19.4 Å². The van der Waals surface area contributed by atoms with Crippen LogP contribution in [0.3, 0.4) is 0 Å². The summed E-state index contributed by atoms with van der Waals surface area (Å²) in [7, 11) is 1.73. The number of rotatable bonds is 5. The number of nitrogens with zero attached hydrogens (tertiary/aromatic N) is 4. The Morgan fingerprint density at radius 3 is 2.96 bits per heavy atom. The molecule has 2 aromatic rings.